The second-order valence-corrected chi connectivity index (χ2v) is 7.73. The Kier molecular flexibility index (Phi) is 4.38. The van der Waals surface area contributed by atoms with Gasteiger partial charge in [0.1, 0.15) is 0 Å². The van der Waals surface area contributed by atoms with Crippen LogP contribution in [0.5, 0.6) is 0 Å². The molecule has 0 N–H and O–H groups in total. The van der Waals surface area contributed by atoms with Gasteiger partial charge in [-0.2, -0.15) is 10.4 Å². The van der Waals surface area contributed by atoms with E-state index in [0.717, 1.165) is 17.5 Å². The predicted octanol–water partition coefficient (Wildman–Crippen LogP) is 2.21. The Morgan fingerprint density at radius 3 is 2.56 bits per heavy atom. The molecule has 25 heavy (non-hydrogen) atoms. The maximum absolute atomic E-state index is 12.5. The molecule has 6 nitrogen and oxygen atoms in total. The lowest BCUT2D eigenvalue weighted by Crippen LogP contribution is -2.23. The normalized spacial score (nSPS) is 14.1. The van der Waals surface area contributed by atoms with Crippen LogP contribution in [0, 0.1) is 11.3 Å². The van der Waals surface area contributed by atoms with Crippen molar-refractivity contribution in [2.24, 2.45) is 5.10 Å². The van der Waals surface area contributed by atoms with Crippen LogP contribution >= 0.6 is 0 Å². The van der Waals surface area contributed by atoms with Crippen LogP contribution in [0.4, 0.5) is 0 Å². The Hall–Kier alpha value is -2.98. The number of hydrogen-bond donors (Lipinski definition) is 0. The summed E-state index contributed by atoms with van der Waals surface area (Å²) in [5.74, 6) is -0.264. The summed E-state index contributed by atoms with van der Waals surface area (Å²) < 4.78 is 23.0. The van der Waals surface area contributed by atoms with Gasteiger partial charge in [0, 0.05) is 18.2 Å². The van der Waals surface area contributed by atoms with Crippen LogP contribution in [0.2, 0.25) is 0 Å². The van der Waals surface area contributed by atoms with Crippen LogP contribution < -0.4 is 0 Å². The van der Waals surface area contributed by atoms with Crippen molar-refractivity contribution >= 4 is 21.5 Å². The van der Waals surface area contributed by atoms with Crippen LogP contribution in [-0.2, 0) is 9.84 Å². The van der Waals surface area contributed by atoms with Crippen molar-refractivity contribution in [3.05, 3.63) is 65.2 Å². The highest BCUT2D eigenvalue weighted by atomic mass is 32.2. The third kappa shape index (κ3) is 3.59. The quantitative estimate of drug-likeness (QED) is 0.846. The van der Waals surface area contributed by atoms with Crippen molar-refractivity contribution in [3.8, 4) is 6.07 Å². The fourth-order valence-electron chi connectivity index (χ4n) is 2.57. The molecule has 0 spiro atoms. The fourth-order valence-corrected chi connectivity index (χ4v) is 3.20. The molecule has 126 valence electrons. The minimum Gasteiger partial charge on any atom is -0.267 e. The first-order valence-corrected chi connectivity index (χ1v) is 9.47. The molecule has 7 heteroatoms. The lowest BCUT2D eigenvalue weighted by atomic mass is 10.1. The number of hydrogen-bond acceptors (Lipinski definition) is 5. The summed E-state index contributed by atoms with van der Waals surface area (Å²) in [4.78, 5) is 12.8. The molecule has 0 bridgehead atoms. The molecule has 1 aliphatic heterocycles. The van der Waals surface area contributed by atoms with Gasteiger partial charge >= 0.3 is 0 Å². The first-order chi connectivity index (χ1) is 11.9. The number of carbonyl (C=O) groups excluding carboxylic acids is 1. The summed E-state index contributed by atoms with van der Waals surface area (Å²) in [6.45, 7) is 0.443. The van der Waals surface area contributed by atoms with Crippen molar-refractivity contribution < 1.29 is 13.2 Å². The highest BCUT2D eigenvalue weighted by Gasteiger charge is 2.23. The average molecular weight is 353 g/mol. The standard InChI is InChI=1S/C18H15N3O3S/c1-25(23,24)16-7-5-14(6-8-16)17-9-10-21(20-17)18(22)15-4-2-3-13(11-15)12-19/h2-8,11H,9-10H2,1H3. The molecule has 0 radical (unpaired) electrons. The first-order valence-electron chi connectivity index (χ1n) is 7.58. The summed E-state index contributed by atoms with van der Waals surface area (Å²) in [7, 11) is -3.24. The predicted molar refractivity (Wildman–Crippen MR) is 92.9 cm³/mol. The van der Waals surface area contributed by atoms with E-state index >= 15 is 0 Å². The van der Waals surface area contributed by atoms with Gasteiger partial charge in [-0.15, -0.1) is 0 Å². The third-order valence-electron chi connectivity index (χ3n) is 3.89. The van der Waals surface area contributed by atoms with E-state index in [1.165, 1.54) is 23.2 Å². The lowest BCUT2D eigenvalue weighted by Gasteiger charge is -2.11. The van der Waals surface area contributed by atoms with E-state index in [1.807, 2.05) is 6.07 Å². The number of rotatable bonds is 3. The highest BCUT2D eigenvalue weighted by molar-refractivity contribution is 7.90. The number of benzene rings is 2. The topological polar surface area (TPSA) is 90.6 Å². The largest absolute Gasteiger partial charge is 0.274 e. The van der Waals surface area contributed by atoms with Gasteiger partial charge in [0.25, 0.3) is 5.91 Å². The van der Waals surface area contributed by atoms with Crippen molar-refractivity contribution in [2.45, 2.75) is 11.3 Å². The first kappa shape index (κ1) is 16.9. The molecule has 0 aromatic heterocycles. The van der Waals surface area contributed by atoms with Crippen LogP contribution in [0.15, 0.2) is 58.5 Å². The molecule has 1 heterocycles. The highest BCUT2D eigenvalue weighted by Crippen LogP contribution is 2.18. The number of amides is 1. The van der Waals surface area contributed by atoms with Gasteiger partial charge in [0.15, 0.2) is 9.84 Å². The van der Waals surface area contributed by atoms with Crippen molar-refractivity contribution in [3.63, 3.8) is 0 Å². The zero-order valence-electron chi connectivity index (χ0n) is 13.5. The Labute approximate surface area is 145 Å². The minimum absolute atomic E-state index is 0.246. The third-order valence-corrected chi connectivity index (χ3v) is 5.02. The Balaban J connectivity index is 1.82. The minimum atomic E-state index is -3.24. The Morgan fingerprint density at radius 2 is 1.92 bits per heavy atom. The van der Waals surface area contributed by atoms with E-state index in [9.17, 15) is 13.2 Å². The average Bonchev–Trinajstić information content (AvgIpc) is 3.10. The van der Waals surface area contributed by atoms with E-state index in [2.05, 4.69) is 5.10 Å². The Morgan fingerprint density at radius 1 is 1.20 bits per heavy atom. The summed E-state index contributed by atoms with van der Waals surface area (Å²) in [6.07, 6.45) is 1.74. The van der Waals surface area contributed by atoms with E-state index in [-0.39, 0.29) is 10.8 Å². The molecule has 0 saturated heterocycles. The van der Waals surface area contributed by atoms with Crippen LogP contribution in [0.1, 0.15) is 27.9 Å². The van der Waals surface area contributed by atoms with Gasteiger partial charge < -0.3 is 0 Å². The maximum atomic E-state index is 12.5. The van der Waals surface area contributed by atoms with Gasteiger partial charge in [0.2, 0.25) is 0 Å². The number of nitrogens with zero attached hydrogens (tertiary/aromatic N) is 3. The second-order valence-electron chi connectivity index (χ2n) is 5.71. The summed E-state index contributed by atoms with van der Waals surface area (Å²) in [6, 6.07) is 15.0. The second kappa shape index (κ2) is 6.49. The van der Waals surface area contributed by atoms with Crippen molar-refractivity contribution in [1.29, 1.82) is 5.26 Å². The summed E-state index contributed by atoms with van der Waals surface area (Å²) >= 11 is 0. The zero-order chi connectivity index (χ0) is 18.0. The van der Waals surface area contributed by atoms with E-state index in [0.29, 0.717) is 24.1 Å². The summed E-state index contributed by atoms with van der Waals surface area (Å²) in [5, 5.41) is 14.7. The molecular weight excluding hydrogens is 338 g/mol. The summed E-state index contributed by atoms with van der Waals surface area (Å²) in [5.41, 5.74) is 2.35. The molecular formula is C18H15N3O3S. The van der Waals surface area contributed by atoms with Gasteiger partial charge in [-0.3, -0.25) is 4.79 Å². The monoisotopic (exact) mass is 353 g/mol. The molecule has 2 aromatic rings. The van der Waals surface area contributed by atoms with E-state index in [4.69, 9.17) is 5.26 Å². The molecule has 0 fully saturated rings. The Bertz CT molecular complexity index is 1000. The molecule has 0 unspecified atom stereocenters. The van der Waals surface area contributed by atoms with Gasteiger partial charge in [-0.25, -0.2) is 13.4 Å². The molecule has 2 aromatic carbocycles. The van der Waals surface area contributed by atoms with Crippen molar-refractivity contribution in [2.75, 3.05) is 12.8 Å². The van der Waals surface area contributed by atoms with Crippen LogP contribution in [-0.4, -0.2) is 37.8 Å². The lowest BCUT2D eigenvalue weighted by molar-refractivity contribution is 0.0778. The smallest absolute Gasteiger partial charge is 0.267 e. The SMILES string of the molecule is CS(=O)(=O)c1ccc(C2=NN(C(=O)c3cccc(C#N)c3)CC2)cc1. The van der Waals surface area contributed by atoms with Gasteiger partial charge in [0.05, 0.1) is 28.8 Å². The molecule has 0 atom stereocenters. The molecule has 0 saturated carbocycles. The van der Waals surface area contributed by atoms with E-state index in [1.54, 1.807) is 30.3 Å². The van der Waals surface area contributed by atoms with E-state index < -0.39 is 9.84 Å². The van der Waals surface area contributed by atoms with Crippen molar-refractivity contribution in [1.82, 2.24) is 5.01 Å². The number of sulfone groups is 1. The van der Waals surface area contributed by atoms with Crippen LogP contribution in [0.3, 0.4) is 0 Å². The van der Waals surface area contributed by atoms with Gasteiger partial charge in [-0.05, 0) is 35.9 Å². The fraction of sp³-hybridized carbons (Fsp3) is 0.167. The molecule has 3 rings (SSSR count). The molecule has 1 aliphatic rings. The van der Waals surface area contributed by atoms with Gasteiger partial charge in [-0.1, -0.05) is 18.2 Å². The maximum Gasteiger partial charge on any atom is 0.274 e. The zero-order valence-corrected chi connectivity index (χ0v) is 14.3. The number of hydrazone groups is 1. The molecule has 0 aliphatic carbocycles. The van der Waals surface area contributed by atoms with Crippen LogP contribution in [0.25, 0.3) is 0 Å². The number of nitriles is 1. The molecule has 1 amide bonds. The number of carbonyl (C=O) groups is 1.